The normalized spacial score (nSPS) is 11.2. The standard InChI is InChI=1S/C9H9F2NO4S/c1-17(15,16)12(5-9(13)14)8-3-6(10)2-7(11)4-8/h2-4H,5H2,1H3,(H,13,14). The van der Waals surface area contributed by atoms with E-state index in [-0.39, 0.29) is 5.69 Å². The van der Waals surface area contributed by atoms with Crippen molar-refractivity contribution >= 4 is 21.7 Å². The molecular formula is C9H9F2NO4S. The van der Waals surface area contributed by atoms with Gasteiger partial charge in [0.15, 0.2) is 0 Å². The van der Waals surface area contributed by atoms with E-state index in [4.69, 9.17) is 5.11 Å². The van der Waals surface area contributed by atoms with E-state index in [9.17, 15) is 22.0 Å². The molecule has 0 saturated heterocycles. The maximum atomic E-state index is 12.9. The van der Waals surface area contributed by atoms with Crippen LogP contribution in [0.2, 0.25) is 0 Å². The molecule has 0 fully saturated rings. The van der Waals surface area contributed by atoms with Crippen LogP contribution in [0, 0.1) is 11.6 Å². The Kier molecular flexibility index (Phi) is 3.66. The molecule has 1 aromatic carbocycles. The lowest BCUT2D eigenvalue weighted by Crippen LogP contribution is -2.34. The van der Waals surface area contributed by atoms with Gasteiger partial charge < -0.3 is 5.11 Å². The minimum Gasteiger partial charge on any atom is -0.480 e. The van der Waals surface area contributed by atoms with Crippen LogP contribution >= 0.6 is 0 Å². The third kappa shape index (κ3) is 3.66. The number of nitrogens with zero attached hydrogens (tertiary/aromatic N) is 1. The van der Waals surface area contributed by atoms with Gasteiger partial charge in [0.05, 0.1) is 11.9 Å². The fourth-order valence-electron chi connectivity index (χ4n) is 1.21. The molecule has 0 atom stereocenters. The molecule has 0 heterocycles. The summed E-state index contributed by atoms with van der Waals surface area (Å²) in [5.41, 5.74) is -0.368. The Labute approximate surface area is 96.3 Å². The summed E-state index contributed by atoms with van der Waals surface area (Å²) >= 11 is 0. The van der Waals surface area contributed by atoms with Crippen molar-refractivity contribution in [1.29, 1.82) is 0 Å². The van der Waals surface area contributed by atoms with Gasteiger partial charge in [-0.25, -0.2) is 17.2 Å². The van der Waals surface area contributed by atoms with Gasteiger partial charge in [0.25, 0.3) is 0 Å². The summed E-state index contributed by atoms with van der Waals surface area (Å²) in [6.07, 6.45) is 0.749. The van der Waals surface area contributed by atoms with Crippen molar-refractivity contribution in [2.75, 3.05) is 17.1 Å². The number of rotatable bonds is 4. The predicted molar refractivity (Wildman–Crippen MR) is 56.2 cm³/mol. The van der Waals surface area contributed by atoms with Crippen LogP contribution in [0.15, 0.2) is 18.2 Å². The third-order valence-electron chi connectivity index (χ3n) is 1.81. The lowest BCUT2D eigenvalue weighted by atomic mass is 10.3. The number of benzene rings is 1. The first-order valence-corrected chi connectivity index (χ1v) is 6.20. The monoisotopic (exact) mass is 265 g/mol. The van der Waals surface area contributed by atoms with Gasteiger partial charge in [0.1, 0.15) is 18.2 Å². The molecule has 0 unspecified atom stereocenters. The molecule has 0 aliphatic carbocycles. The van der Waals surface area contributed by atoms with Crippen LogP contribution in [-0.2, 0) is 14.8 Å². The predicted octanol–water partition coefficient (Wildman–Crippen LogP) is 0.815. The summed E-state index contributed by atoms with van der Waals surface area (Å²) < 4.78 is 48.8. The van der Waals surface area contributed by atoms with Gasteiger partial charge >= 0.3 is 5.97 Å². The lowest BCUT2D eigenvalue weighted by Gasteiger charge is -2.20. The molecule has 5 nitrogen and oxygen atoms in total. The van der Waals surface area contributed by atoms with E-state index >= 15 is 0 Å². The number of hydrogen-bond acceptors (Lipinski definition) is 3. The van der Waals surface area contributed by atoms with Crippen LogP contribution in [-0.4, -0.2) is 32.3 Å². The highest BCUT2D eigenvalue weighted by Gasteiger charge is 2.21. The lowest BCUT2D eigenvalue weighted by molar-refractivity contribution is -0.135. The van der Waals surface area contributed by atoms with E-state index in [1.807, 2.05) is 0 Å². The summed E-state index contributed by atoms with van der Waals surface area (Å²) in [6.45, 7) is -0.901. The molecule has 0 spiro atoms. The van der Waals surface area contributed by atoms with Crippen LogP contribution in [0.5, 0.6) is 0 Å². The molecule has 0 radical (unpaired) electrons. The second kappa shape index (κ2) is 4.66. The minimum atomic E-state index is -3.93. The summed E-state index contributed by atoms with van der Waals surface area (Å²) in [7, 11) is -3.93. The minimum absolute atomic E-state index is 0.368. The Morgan fingerprint density at radius 2 is 1.76 bits per heavy atom. The fraction of sp³-hybridized carbons (Fsp3) is 0.222. The summed E-state index contributed by atoms with van der Waals surface area (Å²) in [5.74, 6) is -3.40. The Morgan fingerprint density at radius 3 is 2.12 bits per heavy atom. The number of anilines is 1. The Hall–Kier alpha value is -1.70. The van der Waals surface area contributed by atoms with E-state index in [0.717, 1.165) is 18.4 Å². The number of carboxylic acid groups (broad SMARTS) is 1. The van der Waals surface area contributed by atoms with Crippen molar-refractivity contribution in [2.24, 2.45) is 0 Å². The SMILES string of the molecule is CS(=O)(=O)N(CC(=O)O)c1cc(F)cc(F)c1. The van der Waals surface area contributed by atoms with Crippen LogP contribution in [0.25, 0.3) is 0 Å². The molecule has 1 rings (SSSR count). The Bertz CT molecular complexity index is 524. The van der Waals surface area contributed by atoms with Crippen molar-refractivity contribution < 1.29 is 27.1 Å². The van der Waals surface area contributed by atoms with Gasteiger partial charge in [-0.2, -0.15) is 0 Å². The molecule has 1 N–H and O–H groups in total. The van der Waals surface area contributed by atoms with E-state index in [1.54, 1.807) is 0 Å². The highest BCUT2D eigenvalue weighted by atomic mass is 32.2. The summed E-state index contributed by atoms with van der Waals surface area (Å²) in [5, 5.41) is 8.55. The van der Waals surface area contributed by atoms with E-state index in [1.165, 1.54) is 0 Å². The topological polar surface area (TPSA) is 74.7 Å². The van der Waals surface area contributed by atoms with Crippen molar-refractivity contribution in [3.8, 4) is 0 Å². The number of halogens is 2. The maximum absolute atomic E-state index is 12.9. The van der Waals surface area contributed by atoms with Gasteiger partial charge in [0.2, 0.25) is 10.0 Å². The second-order valence-corrected chi connectivity index (χ2v) is 5.20. The van der Waals surface area contributed by atoms with Crippen LogP contribution < -0.4 is 4.31 Å². The third-order valence-corrected chi connectivity index (χ3v) is 2.96. The highest BCUT2D eigenvalue weighted by molar-refractivity contribution is 7.92. The molecule has 0 aliphatic heterocycles. The molecule has 0 aliphatic rings. The zero-order chi connectivity index (χ0) is 13.2. The van der Waals surface area contributed by atoms with E-state index in [2.05, 4.69) is 0 Å². The Balaban J connectivity index is 3.27. The van der Waals surface area contributed by atoms with Gasteiger partial charge in [-0.05, 0) is 12.1 Å². The summed E-state index contributed by atoms with van der Waals surface area (Å²) in [6, 6.07) is 2.05. The molecule has 0 amide bonds. The van der Waals surface area contributed by atoms with Gasteiger partial charge in [0, 0.05) is 6.07 Å². The molecule has 8 heteroatoms. The maximum Gasteiger partial charge on any atom is 0.324 e. The quantitative estimate of drug-likeness (QED) is 0.874. The van der Waals surface area contributed by atoms with Crippen LogP contribution in [0.3, 0.4) is 0 Å². The van der Waals surface area contributed by atoms with Crippen LogP contribution in [0.4, 0.5) is 14.5 Å². The van der Waals surface area contributed by atoms with E-state index in [0.29, 0.717) is 10.4 Å². The molecule has 1 aromatic rings. The average molecular weight is 265 g/mol. The van der Waals surface area contributed by atoms with Gasteiger partial charge in [-0.3, -0.25) is 9.10 Å². The van der Waals surface area contributed by atoms with E-state index < -0.39 is 34.2 Å². The average Bonchev–Trinajstić information content (AvgIpc) is 2.10. The molecular weight excluding hydrogens is 256 g/mol. The number of hydrogen-bond donors (Lipinski definition) is 1. The largest absolute Gasteiger partial charge is 0.480 e. The van der Waals surface area contributed by atoms with Crippen molar-refractivity contribution in [3.63, 3.8) is 0 Å². The zero-order valence-corrected chi connectivity index (χ0v) is 9.54. The van der Waals surface area contributed by atoms with Crippen molar-refractivity contribution in [2.45, 2.75) is 0 Å². The zero-order valence-electron chi connectivity index (χ0n) is 8.72. The first kappa shape index (κ1) is 13.4. The smallest absolute Gasteiger partial charge is 0.324 e. The molecule has 94 valence electrons. The number of sulfonamides is 1. The molecule has 0 saturated carbocycles. The summed E-state index contributed by atoms with van der Waals surface area (Å²) in [4.78, 5) is 10.5. The van der Waals surface area contributed by atoms with Crippen molar-refractivity contribution in [1.82, 2.24) is 0 Å². The van der Waals surface area contributed by atoms with Crippen LogP contribution in [0.1, 0.15) is 0 Å². The number of carbonyl (C=O) groups is 1. The fourth-order valence-corrected chi connectivity index (χ4v) is 2.04. The molecule has 0 bridgehead atoms. The Morgan fingerprint density at radius 1 is 1.29 bits per heavy atom. The molecule has 17 heavy (non-hydrogen) atoms. The number of carboxylic acids is 1. The van der Waals surface area contributed by atoms with Gasteiger partial charge in [-0.15, -0.1) is 0 Å². The number of aliphatic carboxylic acids is 1. The first-order valence-electron chi connectivity index (χ1n) is 4.36. The molecule has 0 aromatic heterocycles. The second-order valence-electron chi connectivity index (χ2n) is 3.29. The first-order chi connectivity index (χ1) is 7.70. The van der Waals surface area contributed by atoms with Crippen molar-refractivity contribution in [3.05, 3.63) is 29.8 Å². The highest BCUT2D eigenvalue weighted by Crippen LogP contribution is 2.20. The van der Waals surface area contributed by atoms with Gasteiger partial charge in [-0.1, -0.05) is 0 Å².